The van der Waals surface area contributed by atoms with Crippen molar-refractivity contribution in [3.63, 3.8) is 0 Å². The Hall–Kier alpha value is -0.600. The Morgan fingerprint density at radius 1 is 0.667 bits per heavy atom. The van der Waals surface area contributed by atoms with Crippen molar-refractivity contribution >= 4 is 0 Å². The van der Waals surface area contributed by atoms with E-state index in [2.05, 4.69) is 13.2 Å². The second kappa shape index (κ2) is 12.8. The van der Waals surface area contributed by atoms with Crippen molar-refractivity contribution in [3.05, 3.63) is 25.3 Å². The van der Waals surface area contributed by atoms with Crippen molar-refractivity contribution in [2.75, 3.05) is 0 Å². The van der Waals surface area contributed by atoms with Crippen molar-refractivity contribution in [2.45, 2.75) is 76.3 Å². The molecule has 106 valence electrons. The van der Waals surface area contributed by atoms with Gasteiger partial charge in [-0.3, -0.25) is 0 Å². The van der Waals surface area contributed by atoms with E-state index in [1.807, 2.05) is 12.2 Å². The van der Waals surface area contributed by atoms with Crippen LogP contribution in [-0.2, 0) is 0 Å². The summed E-state index contributed by atoms with van der Waals surface area (Å²) < 4.78 is 0. The average molecular weight is 252 g/mol. The van der Waals surface area contributed by atoms with Crippen LogP contribution in [0.1, 0.15) is 64.2 Å². The minimum absolute atomic E-state index is 0.319. The molecule has 0 amide bonds. The van der Waals surface area contributed by atoms with Gasteiger partial charge in [0.25, 0.3) is 0 Å². The number of hydrogen-bond acceptors (Lipinski definition) is 2. The molecule has 0 aliphatic carbocycles. The molecule has 0 aliphatic rings. The van der Waals surface area contributed by atoms with Crippen LogP contribution in [0.3, 0.4) is 0 Å². The SMILES string of the molecule is C=CCC(N)CCCCCCCCC(N)CC=C. The first-order chi connectivity index (χ1) is 8.70. The Morgan fingerprint density at radius 3 is 1.33 bits per heavy atom. The lowest BCUT2D eigenvalue weighted by molar-refractivity contribution is 0.513. The van der Waals surface area contributed by atoms with Crippen LogP contribution in [0.25, 0.3) is 0 Å². The second-order valence-corrected chi connectivity index (χ2v) is 5.27. The van der Waals surface area contributed by atoms with E-state index in [0.717, 1.165) is 25.7 Å². The summed E-state index contributed by atoms with van der Waals surface area (Å²) >= 11 is 0. The molecular weight excluding hydrogens is 220 g/mol. The van der Waals surface area contributed by atoms with Crippen LogP contribution in [0.5, 0.6) is 0 Å². The lowest BCUT2D eigenvalue weighted by atomic mass is 10.0. The first kappa shape index (κ1) is 17.4. The predicted molar refractivity (Wildman–Crippen MR) is 82.5 cm³/mol. The maximum atomic E-state index is 5.92. The Labute approximate surface area is 114 Å². The molecule has 0 rings (SSSR count). The monoisotopic (exact) mass is 252 g/mol. The van der Waals surface area contributed by atoms with Gasteiger partial charge in [-0.2, -0.15) is 0 Å². The Kier molecular flexibility index (Phi) is 12.4. The molecule has 18 heavy (non-hydrogen) atoms. The van der Waals surface area contributed by atoms with Crippen LogP contribution in [0.2, 0.25) is 0 Å². The molecule has 2 unspecified atom stereocenters. The van der Waals surface area contributed by atoms with Crippen molar-refractivity contribution in [1.82, 2.24) is 0 Å². The molecule has 0 spiro atoms. The van der Waals surface area contributed by atoms with E-state index in [-0.39, 0.29) is 0 Å². The van der Waals surface area contributed by atoms with Crippen molar-refractivity contribution in [1.29, 1.82) is 0 Å². The molecule has 0 radical (unpaired) electrons. The van der Waals surface area contributed by atoms with Gasteiger partial charge in [-0.05, 0) is 25.7 Å². The Bertz CT molecular complexity index is 179. The van der Waals surface area contributed by atoms with Gasteiger partial charge in [-0.1, -0.05) is 50.7 Å². The molecule has 0 aromatic carbocycles. The van der Waals surface area contributed by atoms with Crippen LogP contribution >= 0.6 is 0 Å². The maximum Gasteiger partial charge on any atom is 0.00733 e. The quantitative estimate of drug-likeness (QED) is 0.385. The van der Waals surface area contributed by atoms with Gasteiger partial charge in [0.1, 0.15) is 0 Å². The van der Waals surface area contributed by atoms with Gasteiger partial charge >= 0.3 is 0 Å². The van der Waals surface area contributed by atoms with Crippen molar-refractivity contribution in [2.24, 2.45) is 11.5 Å². The number of nitrogens with two attached hydrogens (primary N) is 2. The lowest BCUT2D eigenvalue weighted by Gasteiger charge is -2.09. The molecular formula is C16H32N2. The standard InChI is InChI=1S/C16H32N2/c1-3-11-15(17)13-9-7-5-6-8-10-14-16(18)12-4-2/h3-4,15-16H,1-2,5-14,17-18H2. The third kappa shape index (κ3) is 11.9. The van der Waals surface area contributed by atoms with Gasteiger partial charge in [0.2, 0.25) is 0 Å². The summed E-state index contributed by atoms with van der Waals surface area (Å²) in [6.45, 7) is 7.42. The molecule has 0 aromatic rings. The highest BCUT2D eigenvalue weighted by molar-refractivity contribution is 4.75. The molecule has 0 aromatic heterocycles. The highest BCUT2D eigenvalue weighted by atomic mass is 14.6. The summed E-state index contributed by atoms with van der Waals surface area (Å²) in [5, 5.41) is 0. The van der Waals surface area contributed by atoms with Crippen LogP contribution in [0, 0.1) is 0 Å². The van der Waals surface area contributed by atoms with Crippen LogP contribution in [0.15, 0.2) is 25.3 Å². The molecule has 2 atom stereocenters. The maximum absolute atomic E-state index is 5.92. The zero-order valence-electron chi connectivity index (χ0n) is 11.9. The Morgan fingerprint density at radius 2 is 1.00 bits per heavy atom. The molecule has 0 saturated heterocycles. The zero-order chi connectivity index (χ0) is 13.6. The Balaban J connectivity index is 3.16. The molecule has 0 saturated carbocycles. The normalized spacial score (nSPS) is 14.1. The average Bonchev–Trinajstić information content (AvgIpc) is 2.33. The van der Waals surface area contributed by atoms with Crippen LogP contribution < -0.4 is 11.5 Å². The van der Waals surface area contributed by atoms with E-state index in [1.165, 1.54) is 38.5 Å². The van der Waals surface area contributed by atoms with E-state index in [1.54, 1.807) is 0 Å². The van der Waals surface area contributed by atoms with E-state index in [9.17, 15) is 0 Å². The smallest absolute Gasteiger partial charge is 0.00733 e. The predicted octanol–water partition coefficient (Wildman–Crippen LogP) is 3.91. The van der Waals surface area contributed by atoms with E-state index >= 15 is 0 Å². The number of hydrogen-bond donors (Lipinski definition) is 2. The summed E-state index contributed by atoms with van der Waals surface area (Å²) in [5.41, 5.74) is 11.8. The third-order valence-corrected chi connectivity index (χ3v) is 3.34. The number of unbranched alkanes of at least 4 members (excludes halogenated alkanes) is 5. The largest absolute Gasteiger partial charge is 0.327 e. The minimum Gasteiger partial charge on any atom is -0.327 e. The van der Waals surface area contributed by atoms with E-state index in [4.69, 9.17) is 11.5 Å². The summed E-state index contributed by atoms with van der Waals surface area (Å²) in [6, 6.07) is 0.638. The van der Waals surface area contributed by atoms with Gasteiger partial charge in [0.05, 0.1) is 0 Å². The summed E-state index contributed by atoms with van der Waals surface area (Å²) in [5.74, 6) is 0. The summed E-state index contributed by atoms with van der Waals surface area (Å²) in [4.78, 5) is 0. The van der Waals surface area contributed by atoms with Gasteiger partial charge in [0.15, 0.2) is 0 Å². The molecule has 0 aliphatic heterocycles. The fraction of sp³-hybridized carbons (Fsp3) is 0.750. The highest BCUT2D eigenvalue weighted by Gasteiger charge is 2.01. The van der Waals surface area contributed by atoms with Gasteiger partial charge < -0.3 is 11.5 Å². The third-order valence-electron chi connectivity index (χ3n) is 3.34. The van der Waals surface area contributed by atoms with Crippen molar-refractivity contribution in [3.8, 4) is 0 Å². The first-order valence-electron chi connectivity index (χ1n) is 7.43. The second-order valence-electron chi connectivity index (χ2n) is 5.27. The molecule has 0 fully saturated rings. The molecule has 2 nitrogen and oxygen atoms in total. The molecule has 4 N–H and O–H groups in total. The topological polar surface area (TPSA) is 52.0 Å². The fourth-order valence-electron chi connectivity index (χ4n) is 2.18. The fourth-order valence-corrected chi connectivity index (χ4v) is 2.18. The zero-order valence-corrected chi connectivity index (χ0v) is 11.9. The van der Waals surface area contributed by atoms with Gasteiger partial charge in [-0.25, -0.2) is 0 Å². The molecule has 0 heterocycles. The first-order valence-corrected chi connectivity index (χ1v) is 7.43. The van der Waals surface area contributed by atoms with Gasteiger partial charge in [0, 0.05) is 12.1 Å². The van der Waals surface area contributed by atoms with E-state index in [0.29, 0.717) is 12.1 Å². The minimum atomic E-state index is 0.319. The van der Waals surface area contributed by atoms with Crippen molar-refractivity contribution < 1.29 is 0 Å². The van der Waals surface area contributed by atoms with Gasteiger partial charge in [-0.15, -0.1) is 13.2 Å². The molecule has 2 heteroatoms. The number of rotatable bonds is 13. The summed E-state index contributed by atoms with van der Waals surface area (Å²) in [7, 11) is 0. The highest BCUT2D eigenvalue weighted by Crippen LogP contribution is 2.11. The van der Waals surface area contributed by atoms with Crippen LogP contribution in [0.4, 0.5) is 0 Å². The molecule has 0 bridgehead atoms. The van der Waals surface area contributed by atoms with Crippen LogP contribution in [-0.4, -0.2) is 12.1 Å². The van der Waals surface area contributed by atoms with E-state index < -0.39 is 0 Å². The summed E-state index contributed by atoms with van der Waals surface area (Å²) in [6.07, 6.45) is 15.8. The lowest BCUT2D eigenvalue weighted by Crippen LogP contribution is -2.18.